The number of allylic oxidation sites excluding steroid dienone is 1. The topological polar surface area (TPSA) is 37.3 Å². The minimum absolute atomic E-state index is 0.0476. The second-order valence-corrected chi connectivity index (χ2v) is 14.3. The molecule has 4 saturated carbocycles. The second kappa shape index (κ2) is 7.69. The fraction of sp³-hybridized carbons (Fsp3) is 0.900. The number of hydrogen-bond acceptors (Lipinski definition) is 2. The first-order valence-corrected chi connectivity index (χ1v) is 13.5. The summed E-state index contributed by atoms with van der Waals surface area (Å²) in [4.78, 5) is 11.4. The van der Waals surface area contributed by atoms with Gasteiger partial charge in [0.25, 0.3) is 0 Å². The molecule has 0 saturated heterocycles. The summed E-state index contributed by atoms with van der Waals surface area (Å²) in [6.07, 6.45) is 12.5. The summed E-state index contributed by atoms with van der Waals surface area (Å²) < 4.78 is 0. The highest BCUT2D eigenvalue weighted by Gasteiger charge is 2.69. The van der Waals surface area contributed by atoms with Crippen molar-refractivity contribution in [1.29, 1.82) is 0 Å². The van der Waals surface area contributed by atoms with Crippen LogP contribution < -0.4 is 0 Å². The Bertz CT molecular complexity index is 769. The molecular weight excluding hydrogens is 392 g/mol. The fourth-order valence-electron chi connectivity index (χ4n) is 10.6. The molecule has 2 nitrogen and oxygen atoms in total. The summed E-state index contributed by atoms with van der Waals surface area (Å²) >= 11 is 0. The van der Waals surface area contributed by atoms with Crippen molar-refractivity contribution >= 4 is 6.29 Å². The Labute approximate surface area is 198 Å². The van der Waals surface area contributed by atoms with Gasteiger partial charge in [-0.2, -0.15) is 0 Å². The van der Waals surface area contributed by atoms with Crippen LogP contribution in [0.5, 0.6) is 0 Å². The lowest BCUT2D eigenvalue weighted by atomic mass is 9.32. The molecule has 2 heteroatoms. The van der Waals surface area contributed by atoms with Crippen molar-refractivity contribution in [2.45, 2.75) is 119 Å². The maximum atomic E-state index is 11.4. The third-order valence-electron chi connectivity index (χ3n) is 12.6. The molecule has 4 rings (SSSR count). The van der Waals surface area contributed by atoms with E-state index in [1.807, 2.05) is 0 Å². The molecule has 0 aromatic rings. The second-order valence-electron chi connectivity index (χ2n) is 14.3. The zero-order chi connectivity index (χ0) is 23.7. The lowest BCUT2D eigenvalue weighted by Crippen LogP contribution is -2.67. The standard InChI is InChI=1S/C30H50O2/c1-20(2)21-12-15-29(7)23(27(21,5)14-9-19-31)10-11-24-28(6)18-17-26(3,4)25(32)22(28)13-16-30(24,29)8/h19,21-25,32H,1,9-18H2,2-8H3. The summed E-state index contributed by atoms with van der Waals surface area (Å²) in [5, 5.41) is 11.4. The smallest absolute Gasteiger partial charge is 0.120 e. The van der Waals surface area contributed by atoms with Gasteiger partial charge in [-0.3, -0.25) is 0 Å². The van der Waals surface area contributed by atoms with E-state index in [4.69, 9.17) is 0 Å². The molecule has 0 amide bonds. The molecule has 0 heterocycles. The van der Waals surface area contributed by atoms with Gasteiger partial charge in [-0.15, -0.1) is 0 Å². The summed E-state index contributed by atoms with van der Waals surface area (Å²) in [6.45, 7) is 21.5. The van der Waals surface area contributed by atoms with E-state index in [2.05, 4.69) is 55.0 Å². The monoisotopic (exact) mass is 442 g/mol. The van der Waals surface area contributed by atoms with Gasteiger partial charge < -0.3 is 9.90 Å². The lowest BCUT2D eigenvalue weighted by Gasteiger charge is -2.73. The first-order valence-electron chi connectivity index (χ1n) is 13.5. The Morgan fingerprint density at radius 3 is 2.12 bits per heavy atom. The highest BCUT2D eigenvalue weighted by atomic mass is 16.3. The number of aliphatic hydroxyl groups excluding tert-OH is 1. The van der Waals surface area contributed by atoms with Crippen LogP contribution >= 0.6 is 0 Å². The molecule has 1 N–H and O–H groups in total. The average molecular weight is 443 g/mol. The van der Waals surface area contributed by atoms with Gasteiger partial charge in [0, 0.05) is 6.42 Å². The molecule has 0 bridgehead atoms. The molecule has 4 fully saturated rings. The molecule has 0 radical (unpaired) electrons. The van der Waals surface area contributed by atoms with Crippen LogP contribution in [-0.4, -0.2) is 17.5 Å². The normalized spacial score (nSPS) is 52.3. The Kier molecular flexibility index (Phi) is 5.89. The minimum atomic E-state index is -0.173. The zero-order valence-corrected chi connectivity index (χ0v) is 22.1. The van der Waals surface area contributed by atoms with Gasteiger partial charge in [-0.1, -0.05) is 53.7 Å². The van der Waals surface area contributed by atoms with Crippen molar-refractivity contribution in [3.05, 3.63) is 12.2 Å². The maximum Gasteiger partial charge on any atom is 0.120 e. The Morgan fingerprint density at radius 2 is 1.50 bits per heavy atom. The van der Waals surface area contributed by atoms with Gasteiger partial charge in [-0.25, -0.2) is 0 Å². The zero-order valence-electron chi connectivity index (χ0n) is 22.1. The van der Waals surface area contributed by atoms with Crippen molar-refractivity contribution in [2.75, 3.05) is 0 Å². The van der Waals surface area contributed by atoms with E-state index in [0.29, 0.717) is 40.9 Å². The maximum absolute atomic E-state index is 11.4. The highest BCUT2D eigenvalue weighted by Crippen LogP contribution is 2.76. The van der Waals surface area contributed by atoms with Gasteiger partial charge >= 0.3 is 0 Å². The molecule has 4 aliphatic rings. The summed E-state index contributed by atoms with van der Waals surface area (Å²) in [5.74, 6) is 2.32. The van der Waals surface area contributed by atoms with Crippen LogP contribution in [0.1, 0.15) is 113 Å². The first-order chi connectivity index (χ1) is 14.8. The number of rotatable bonds is 4. The van der Waals surface area contributed by atoms with Gasteiger partial charge in [0.2, 0.25) is 0 Å². The molecule has 0 aliphatic heterocycles. The molecule has 9 unspecified atom stereocenters. The highest BCUT2D eigenvalue weighted by molar-refractivity contribution is 5.49. The lowest BCUT2D eigenvalue weighted by molar-refractivity contribution is -0.250. The molecule has 0 aromatic heterocycles. The van der Waals surface area contributed by atoms with Crippen LogP contribution in [0.25, 0.3) is 0 Å². The van der Waals surface area contributed by atoms with E-state index in [0.717, 1.165) is 19.1 Å². The van der Waals surface area contributed by atoms with Crippen molar-refractivity contribution in [1.82, 2.24) is 0 Å². The van der Waals surface area contributed by atoms with Crippen LogP contribution in [0, 0.1) is 50.7 Å². The number of carbonyl (C=O) groups excluding carboxylic acids is 1. The predicted molar refractivity (Wildman–Crippen MR) is 133 cm³/mol. The van der Waals surface area contributed by atoms with Crippen LogP contribution in [-0.2, 0) is 4.79 Å². The summed E-state index contributed by atoms with van der Waals surface area (Å²) in [7, 11) is 0. The molecular formula is C30H50O2. The van der Waals surface area contributed by atoms with Crippen molar-refractivity contribution in [3.63, 3.8) is 0 Å². The third kappa shape index (κ3) is 3.10. The number of hydrogen-bond donors (Lipinski definition) is 1. The molecule has 9 atom stereocenters. The quantitative estimate of drug-likeness (QED) is 0.359. The van der Waals surface area contributed by atoms with E-state index in [1.54, 1.807) is 0 Å². The summed E-state index contributed by atoms with van der Waals surface area (Å²) in [5.41, 5.74) is 2.39. The number of aldehydes is 1. The van der Waals surface area contributed by atoms with Crippen molar-refractivity contribution < 1.29 is 9.90 Å². The van der Waals surface area contributed by atoms with E-state index in [1.165, 1.54) is 50.5 Å². The van der Waals surface area contributed by atoms with Crippen LogP contribution in [0.15, 0.2) is 12.2 Å². The molecule has 0 aromatic carbocycles. The molecule has 0 spiro atoms. The van der Waals surface area contributed by atoms with E-state index in [9.17, 15) is 9.90 Å². The fourth-order valence-corrected chi connectivity index (χ4v) is 10.6. The van der Waals surface area contributed by atoms with Crippen LogP contribution in [0.4, 0.5) is 0 Å². The van der Waals surface area contributed by atoms with Gasteiger partial charge in [-0.05, 0) is 115 Å². The van der Waals surface area contributed by atoms with Crippen LogP contribution in [0.3, 0.4) is 0 Å². The number of fused-ring (bicyclic) bond motifs is 5. The van der Waals surface area contributed by atoms with Crippen molar-refractivity contribution in [2.24, 2.45) is 50.7 Å². The van der Waals surface area contributed by atoms with Crippen molar-refractivity contribution in [3.8, 4) is 0 Å². The van der Waals surface area contributed by atoms with E-state index >= 15 is 0 Å². The van der Waals surface area contributed by atoms with Gasteiger partial charge in [0.05, 0.1) is 6.10 Å². The van der Waals surface area contributed by atoms with Gasteiger partial charge in [0.1, 0.15) is 6.29 Å². The third-order valence-corrected chi connectivity index (χ3v) is 12.6. The van der Waals surface area contributed by atoms with Crippen LogP contribution in [0.2, 0.25) is 0 Å². The SMILES string of the molecule is C=C(C)C1CCC2(C)C(CCC3C4(C)CCC(C)(C)C(O)C4CCC32C)C1(C)CCC=O. The number of aliphatic hydroxyl groups is 1. The Hall–Kier alpha value is -0.630. The Balaban J connectivity index is 1.73. The average Bonchev–Trinajstić information content (AvgIpc) is 2.71. The molecule has 182 valence electrons. The first kappa shape index (κ1) is 24.5. The predicted octanol–water partition coefficient (Wildman–Crippen LogP) is 7.59. The van der Waals surface area contributed by atoms with Gasteiger partial charge in [0.15, 0.2) is 0 Å². The van der Waals surface area contributed by atoms with E-state index < -0.39 is 0 Å². The summed E-state index contributed by atoms with van der Waals surface area (Å²) in [6, 6.07) is 0. The number of carbonyl (C=O) groups is 1. The molecule has 32 heavy (non-hydrogen) atoms. The largest absolute Gasteiger partial charge is 0.392 e. The van der Waals surface area contributed by atoms with E-state index in [-0.39, 0.29) is 22.3 Å². The Morgan fingerprint density at radius 1 is 0.906 bits per heavy atom. The minimum Gasteiger partial charge on any atom is -0.392 e. The molecule has 4 aliphatic carbocycles.